The first-order valence-electron chi connectivity index (χ1n) is 5.88. The van der Waals surface area contributed by atoms with E-state index in [2.05, 4.69) is 11.9 Å². The summed E-state index contributed by atoms with van der Waals surface area (Å²) in [4.78, 5) is 22.4. The lowest BCUT2D eigenvalue weighted by atomic mass is 9.94. The standard InChI is InChI=1S/C15H19NO2/c1-5-14(18)16-15(3,4)10-12-6-8-13(9-7-12)11(2)17/h5-9H,1,10H2,2-4H3,(H,16,18). The molecule has 0 saturated carbocycles. The third-order valence-corrected chi connectivity index (χ3v) is 2.65. The molecule has 3 heteroatoms. The molecule has 18 heavy (non-hydrogen) atoms. The second-order valence-electron chi connectivity index (χ2n) is 5.01. The highest BCUT2D eigenvalue weighted by Crippen LogP contribution is 2.14. The van der Waals surface area contributed by atoms with Gasteiger partial charge in [0.1, 0.15) is 0 Å². The SMILES string of the molecule is C=CC(=O)NC(C)(C)Cc1ccc(C(C)=O)cc1. The molecule has 1 rings (SSSR count). The third-order valence-electron chi connectivity index (χ3n) is 2.65. The summed E-state index contributed by atoms with van der Waals surface area (Å²) in [5.74, 6) is -0.124. The molecule has 0 atom stereocenters. The van der Waals surface area contributed by atoms with Crippen LogP contribution < -0.4 is 5.32 Å². The highest BCUT2D eigenvalue weighted by atomic mass is 16.1. The Morgan fingerprint density at radius 1 is 1.28 bits per heavy atom. The van der Waals surface area contributed by atoms with Crippen molar-refractivity contribution in [2.45, 2.75) is 32.7 Å². The molecule has 3 nitrogen and oxygen atoms in total. The van der Waals surface area contributed by atoms with Gasteiger partial charge in [-0.1, -0.05) is 30.8 Å². The Kier molecular flexibility index (Phi) is 4.43. The fourth-order valence-corrected chi connectivity index (χ4v) is 1.80. The van der Waals surface area contributed by atoms with Crippen LogP contribution in [0.15, 0.2) is 36.9 Å². The van der Waals surface area contributed by atoms with Crippen molar-refractivity contribution in [2.75, 3.05) is 0 Å². The Bertz CT molecular complexity index is 458. The molecule has 1 aromatic carbocycles. The number of carbonyl (C=O) groups is 2. The molecule has 1 N–H and O–H groups in total. The van der Waals surface area contributed by atoms with Crippen LogP contribution in [0.1, 0.15) is 36.7 Å². The summed E-state index contributed by atoms with van der Waals surface area (Å²) < 4.78 is 0. The van der Waals surface area contributed by atoms with Gasteiger partial charge in [0.15, 0.2) is 5.78 Å². The lowest BCUT2D eigenvalue weighted by molar-refractivity contribution is -0.117. The molecule has 0 unspecified atom stereocenters. The normalized spacial score (nSPS) is 10.8. The van der Waals surface area contributed by atoms with Gasteiger partial charge >= 0.3 is 0 Å². The highest BCUT2D eigenvalue weighted by molar-refractivity contribution is 5.94. The smallest absolute Gasteiger partial charge is 0.243 e. The molecule has 0 heterocycles. The van der Waals surface area contributed by atoms with E-state index in [1.165, 1.54) is 6.08 Å². The van der Waals surface area contributed by atoms with Gasteiger partial charge in [-0.05, 0) is 38.8 Å². The summed E-state index contributed by atoms with van der Waals surface area (Å²) in [5.41, 5.74) is 1.43. The molecule has 0 aliphatic carbocycles. The van der Waals surface area contributed by atoms with Gasteiger partial charge in [0.2, 0.25) is 5.91 Å². The lowest BCUT2D eigenvalue weighted by Gasteiger charge is -2.25. The third kappa shape index (κ3) is 4.17. The van der Waals surface area contributed by atoms with E-state index in [-0.39, 0.29) is 17.2 Å². The van der Waals surface area contributed by atoms with Crippen LogP contribution in [0.5, 0.6) is 0 Å². The minimum absolute atomic E-state index is 0.0563. The first-order valence-corrected chi connectivity index (χ1v) is 5.88. The molecule has 0 aromatic heterocycles. The molecule has 0 fully saturated rings. The summed E-state index contributed by atoms with van der Waals surface area (Å²) in [7, 11) is 0. The minimum Gasteiger partial charge on any atom is -0.347 e. The monoisotopic (exact) mass is 245 g/mol. The summed E-state index contributed by atoms with van der Waals surface area (Å²) in [5, 5.41) is 2.87. The molecule has 0 spiro atoms. The zero-order valence-electron chi connectivity index (χ0n) is 11.1. The second kappa shape index (κ2) is 5.63. The molecule has 96 valence electrons. The van der Waals surface area contributed by atoms with Gasteiger partial charge in [-0.2, -0.15) is 0 Å². The molecule has 0 aliphatic heterocycles. The van der Waals surface area contributed by atoms with E-state index in [0.717, 1.165) is 5.56 Å². The van der Waals surface area contributed by atoms with Crippen LogP contribution in [0.3, 0.4) is 0 Å². The minimum atomic E-state index is -0.344. The molecule has 1 amide bonds. The van der Waals surface area contributed by atoms with Crippen molar-refractivity contribution in [1.82, 2.24) is 5.32 Å². The summed E-state index contributed by atoms with van der Waals surface area (Å²) in [6.45, 7) is 8.88. The molecule has 0 aliphatic rings. The van der Waals surface area contributed by atoms with Gasteiger partial charge in [0.25, 0.3) is 0 Å². The molecule has 0 saturated heterocycles. The van der Waals surface area contributed by atoms with Crippen molar-refractivity contribution in [2.24, 2.45) is 0 Å². The average molecular weight is 245 g/mol. The molecule has 1 aromatic rings. The van der Waals surface area contributed by atoms with Crippen LogP contribution in [-0.2, 0) is 11.2 Å². The van der Waals surface area contributed by atoms with Crippen LogP contribution in [0, 0.1) is 0 Å². The molecule has 0 radical (unpaired) electrons. The number of benzene rings is 1. The maximum absolute atomic E-state index is 11.3. The van der Waals surface area contributed by atoms with Gasteiger partial charge in [0, 0.05) is 11.1 Å². The van der Waals surface area contributed by atoms with Crippen LogP contribution >= 0.6 is 0 Å². The van der Waals surface area contributed by atoms with Gasteiger partial charge in [-0.15, -0.1) is 0 Å². The van der Waals surface area contributed by atoms with Crippen molar-refractivity contribution in [3.8, 4) is 0 Å². The van der Waals surface area contributed by atoms with Gasteiger partial charge in [-0.25, -0.2) is 0 Å². The van der Waals surface area contributed by atoms with E-state index in [0.29, 0.717) is 12.0 Å². The van der Waals surface area contributed by atoms with Crippen molar-refractivity contribution in [1.29, 1.82) is 0 Å². The van der Waals surface area contributed by atoms with Crippen molar-refractivity contribution < 1.29 is 9.59 Å². The number of ketones is 1. The van der Waals surface area contributed by atoms with E-state index in [1.54, 1.807) is 6.92 Å². The summed E-state index contributed by atoms with van der Waals surface area (Å²) in [6, 6.07) is 7.45. The Morgan fingerprint density at radius 2 is 1.83 bits per heavy atom. The topological polar surface area (TPSA) is 46.2 Å². The first kappa shape index (κ1) is 14.2. The van der Waals surface area contributed by atoms with E-state index < -0.39 is 0 Å². The predicted octanol–water partition coefficient (Wildman–Crippen LogP) is 2.51. The highest BCUT2D eigenvalue weighted by Gasteiger charge is 2.19. The van der Waals surface area contributed by atoms with Crippen LogP contribution in [0.4, 0.5) is 0 Å². The van der Waals surface area contributed by atoms with Crippen LogP contribution in [0.2, 0.25) is 0 Å². The Labute approximate surface area is 108 Å². The van der Waals surface area contributed by atoms with Crippen LogP contribution in [0.25, 0.3) is 0 Å². The summed E-state index contributed by atoms with van der Waals surface area (Å²) in [6.07, 6.45) is 1.96. The van der Waals surface area contributed by atoms with Crippen molar-refractivity contribution >= 4 is 11.7 Å². The zero-order valence-corrected chi connectivity index (χ0v) is 11.1. The predicted molar refractivity (Wildman–Crippen MR) is 72.6 cm³/mol. The van der Waals surface area contributed by atoms with Crippen molar-refractivity contribution in [3.05, 3.63) is 48.0 Å². The van der Waals surface area contributed by atoms with Gasteiger partial charge in [0.05, 0.1) is 0 Å². The number of Topliss-reactive ketones (excluding diaryl/α,β-unsaturated/α-hetero) is 1. The quantitative estimate of drug-likeness (QED) is 0.640. The van der Waals surface area contributed by atoms with E-state index in [4.69, 9.17) is 0 Å². The Balaban J connectivity index is 2.74. The maximum Gasteiger partial charge on any atom is 0.243 e. The largest absolute Gasteiger partial charge is 0.347 e. The Hall–Kier alpha value is -1.90. The van der Waals surface area contributed by atoms with E-state index in [9.17, 15) is 9.59 Å². The van der Waals surface area contributed by atoms with Gasteiger partial charge < -0.3 is 5.32 Å². The fourth-order valence-electron chi connectivity index (χ4n) is 1.80. The lowest BCUT2D eigenvalue weighted by Crippen LogP contribution is -2.44. The van der Waals surface area contributed by atoms with Gasteiger partial charge in [-0.3, -0.25) is 9.59 Å². The maximum atomic E-state index is 11.3. The number of amides is 1. The average Bonchev–Trinajstić information content (AvgIpc) is 2.28. The number of nitrogens with one attached hydrogen (secondary N) is 1. The molecule has 0 bridgehead atoms. The van der Waals surface area contributed by atoms with Crippen molar-refractivity contribution in [3.63, 3.8) is 0 Å². The van der Waals surface area contributed by atoms with E-state index >= 15 is 0 Å². The van der Waals surface area contributed by atoms with Crippen LogP contribution in [-0.4, -0.2) is 17.2 Å². The van der Waals surface area contributed by atoms with E-state index in [1.807, 2.05) is 38.1 Å². The number of hydrogen-bond donors (Lipinski definition) is 1. The molecular formula is C15H19NO2. The first-order chi connectivity index (χ1) is 8.34. The fraction of sp³-hybridized carbons (Fsp3) is 0.333. The molecular weight excluding hydrogens is 226 g/mol. The number of rotatable bonds is 5. The zero-order chi connectivity index (χ0) is 13.8. The summed E-state index contributed by atoms with van der Waals surface area (Å²) >= 11 is 0. The number of carbonyl (C=O) groups excluding carboxylic acids is 2. The second-order valence-corrected chi connectivity index (χ2v) is 5.01. The Morgan fingerprint density at radius 3 is 2.28 bits per heavy atom. The number of hydrogen-bond acceptors (Lipinski definition) is 2.